The maximum Gasteiger partial charge on any atom is 0.328 e. The van der Waals surface area contributed by atoms with Crippen LogP contribution in [0.25, 0.3) is 0 Å². The summed E-state index contributed by atoms with van der Waals surface area (Å²) in [6.45, 7) is 3.81. The molecule has 1 N–H and O–H groups in total. The molecule has 1 unspecified atom stereocenters. The topological polar surface area (TPSA) is 56.8 Å². The first-order valence-corrected chi connectivity index (χ1v) is 6.26. The molecule has 0 heterocycles. The molecule has 0 saturated carbocycles. The van der Waals surface area contributed by atoms with Crippen LogP contribution in [0, 0.1) is 0 Å². The van der Waals surface area contributed by atoms with Gasteiger partial charge < -0.3 is 19.5 Å². The van der Waals surface area contributed by atoms with Crippen molar-refractivity contribution in [2.24, 2.45) is 0 Å². The van der Waals surface area contributed by atoms with Crippen molar-refractivity contribution in [3.63, 3.8) is 0 Å². The van der Waals surface area contributed by atoms with Crippen molar-refractivity contribution in [3.05, 3.63) is 17.2 Å². The van der Waals surface area contributed by atoms with E-state index in [0.717, 1.165) is 0 Å². The average Bonchev–Trinajstić information content (AvgIpc) is 2.40. The normalized spacial score (nSPS) is 11.6. The fourth-order valence-corrected chi connectivity index (χ4v) is 1.76. The largest absolute Gasteiger partial charge is 0.495 e. The lowest BCUT2D eigenvalue weighted by molar-refractivity contribution is -0.143. The minimum Gasteiger partial charge on any atom is -0.495 e. The Morgan fingerprint density at radius 2 is 1.95 bits per heavy atom. The fraction of sp³-hybridized carbons (Fsp3) is 0.462. The molecule has 19 heavy (non-hydrogen) atoms. The summed E-state index contributed by atoms with van der Waals surface area (Å²) in [4.78, 5) is 11.6. The lowest BCUT2D eigenvalue weighted by Gasteiger charge is -2.17. The number of carbonyl (C=O) groups is 1. The lowest BCUT2D eigenvalue weighted by Crippen LogP contribution is -2.28. The Hall–Kier alpha value is -1.62. The summed E-state index contributed by atoms with van der Waals surface area (Å²) < 4.78 is 15.3. The van der Waals surface area contributed by atoms with Crippen LogP contribution in [0.2, 0.25) is 5.02 Å². The van der Waals surface area contributed by atoms with Crippen molar-refractivity contribution in [1.29, 1.82) is 0 Å². The number of rotatable bonds is 6. The quantitative estimate of drug-likeness (QED) is 0.815. The zero-order valence-electron chi connectivity index (χ0n) is 11.5. The van der Waals surface area contributed by atoms with Crippen molar-refractivity contribution in [3.8, 4) is 11.5 Å². The van der Waals surface area contributed by atoms with Crippen LogP contribution in [-0.2, 0) is 9.53 Å². The van der Waals surface area contributed by atoms with E-state index in [1.807, 2.05) is 0 Å². The summed E-state index contributed by atoms with van der Waals surface area (Å²) in [5, 5.41) is 3.45. The highest BCUT2D eigenvalue weighted by molar-refractivity contribution is 6.32. The molecule has 5 nitrogen and oxygen atoms in total. The number of nitrogens with one attached hydrogen (secondary N) is 1. The first-order valence-electron chi connectivity index (χ1n) is 5.88. The van der Waals surface area contributed by atoms with E-state index < -0.39 is 6.04 Å². The predicted octanol–water partition coefficient (Wildman–Crippen LogP) is 2.72. The zero-order valence-corrected chi connectivity index (χ0v) is 12.2. The first-order chi connectivity index (χ1) is 9.03. The van der Waals surface area contributed by atoms with E-state index in [0.29, 0.717) is 28.8 Å². The molecule has 0 aromatic heterocycles. The van der Waals surface area contributed by atoms with Crippen LogP contribution in [0.15, 0.2) is 12.1 Å². The summed E-state index contributed by atoms with van der Waals surface area (Å²) >= 11 is 6.00. The molecule has 0 saturated heterocycles. The van der Waals surface area contributed by atoms with Gasteiger partial charge in [-0.2, -0.15) is 0 Å². The second-order valence-electron chi connectivity index (χ2n) is 3.81. The van der Waals surface area contributed by atoms with Gasteiger partial charge in [0.2, 0.25) is 0 Å². The van der Waals surface area contributed by atoms with Crippen LogP contribution < -0.4 is 14.8 Å². The molecule has 1 aromatic rings. The van der Waals surface area contributed by atoms with Gasteiger partial charge in [0.25, 0.3) is 0 Å². The number of ether oxygens (including phenoxy) is 3. The molecular formula is C13H18ClNO4. The van der Waals surface area contributed by atoms with Crippen molar-refractivity contribution < 1.29 is 19.0 Å². The molecule has 106 valence electrons. The third-order valence-electron chi connectivity index (χ3n) is 2.49. The third-order valence-corrected chi connectivity index (χ3v) is 2.78. The van der Waals surface area contributed by atoms with E-state index in [1.54, 1.807) is 26.0 Å². The molecule has 0 spiro atoms. The van der Waals surface area contributed by atoms with Gasteiger partial charge in [-0.25, -0.2) is 4.79 Å². The van der Waals surface area contributed by atoms with Gasteiger partial charge in [-0.05, 0) is 13.8 Å². The van der Waals surface area contributed by atoms with E-state index in [4.69, 9.17) is 25.8 Å². The smallest absolute Gasteiger partial charge is 0.328 e. The number of hydrogen-bond donors (Lipinski definition) is 1. The van der Waals surface area contributed by atoms with Gasteiger partial charge >= 0.3 is 5.97 Å². The van der Waals surface area contributed by atoms with E-state index in [1.165, 1.54) is 14.2 Å². The van der Waals surface area contributed by atoms with Gasteiger partial charge in [-0.15, -0.1) is 0 Å². The Bertz CT molecular complexity index is 451. The van der Waals surface area contributed by atoms with Gasteiger partial charge in [0.1, 0.15) is 17.5 Å². The zero-order chi connectivity index (χ0) is 14.4. The van der Waals surface area contributed by atoms with Crippen LogP contribution in [0.4, 0.5) is 5.69 Å². The number of benzene rings is 1. The van der Waals surface area contributed by atoms with Crippen LogP contribution in [0.1, 0.15) is 13.8 Å². The van der Waals surface area contributed by atoms with Crippen LogP contribution in [0.5, 0.6) is 11.5 Å². The molecule has 1 rings (SSSR count). The minimum atomic E-state index is -0.500. The second-order valence-corrected chi connectivity index (χ2v) is 4.21. The number of methoxy groups -OCH3 is 2. The lowest BCUT2D eigenvalue weighted by atomic mass is 10.2. The summed E-state index contributed by atoms with van der Waals surface area (Å²) in [5.41, 5.74) is 0.615. The van der Waals surface area contributed by atoms with Crippen molar-refractivity contribution >= 4 is 23.3 Å². The number of hydrogen-bond acceptors (Lipinski definition) is 5. The SMILES string of the molecule is CCOC(=O)C(C)Nc1cc(OC)c(Cl)cc1OC. The Morgan fingerprint density at radius 1 is 1.32 bits per heavy atom. The summed E-state index contributed by atoms with van der Waals surface area (Å²) in [5.74, 6) is 0.696. The Labute approximate surface area is 117 Å². The first kappa shape index (κ1) is 15.4. The standard InChI is InChI=1S/C13H18ClNO4/c1-5-19-13(16)8(2)15-10-7-11(17-3)9(14)6-12(10)18-4/h6-8,15H,5H2,1-4H3. The van der Waals surface area contributed by atoms with Crippen LogP contribution in [0.3, 0.4) is 0 Å². The maximum absolute atomic E-state index is 11.6. The number of carbonyl (C=O) groups excluding carboxylic acids is 1. The van der Waals surface area contributed by atoms with Gasteiger partial charge in [0.15, 0.2) is 0 Å². The van der Waals surface area contributed by atoms with E-state index in [2.05, 4.69) is 5.32 Å². The number of halogens is 1. The highest BCUT2D eigenvalue weighted by atomic mass is 35.5. The van der Waals surface area contributed by atoms with Gasteiger partial charge in [0.05, 0.1) is 31.5 Å². The molecule has 0 aliphatic heterocycles. The van der Waals surface area contributed by atoms with E-state index in [-0.39, 0.29) is 5.97 Å². The monoisotopic (exact) mass is 287 g/mol. The van der Waals surface area contributed by atoms with Gasteiger partial charge in [0, 0.05) is 12.1 Å². The molecule has 0 amide bonds. The van der Waals surface area contributed by atoms with Crippen molar-refractivity contribution in [2.45, 2.75) is 19.9 Å². The van der Waals surface area contributed by atoms with Crippen molar-refractivity contribution in [2.75, 3.05) is 26.1 Å². The highest BCUT2D eigenvalue weighted by Crippen LogP contribution is 2.36. The molecule has 0 aliphatic rings. The second kappa shape index (κ2) is 7.09. The van der Waals surface area contributed by atoms with Crippen LogP contribution >= 0.6 is 11.6 Å². The maximum atomic E-state index is 11.6. The summed E-state index contributed by atoms with van der Waals surface area (Å²) in [6, 6.07) is 2.80. The number of esters is 1. The van der Waals surface area contributed by atoms with E-state index in [9.17, 15) is 4.79 Å². The summed E-state index contributed by atoms with van der Waals surface area (Å²) in [7, 11) is 3.05. The molecule has 0 fully saturated rings. The van der Waals surface area contributed by atoms with Gasteiger partial charge in [-0.3, -0.25) is 0 Å². The Morgan fingerprint density at radius 3 is 2.47 bits per heavy atom. The molecule has 6 heteroatoms. The number of anilines is 1. The predicted molar refractivity (Wildman–Crippen MR) is 74.3 cm³/mol. The summed E-state index contributed by atoms with van der Waals surface area (Å²) in [6.07, 6.45) is 0. The molecule has 0 bridgehead atoms. The Balaban J connectivity index is 2.95. The highest BCUT2D eigenvalue weighted by Gasteiger charge is 2.17. The van der Waals surface area contributed by atoms with Crippen LogP contribution in [-0.4, -0.2) is 32.8 Å². The van der Waals surface area contributed by atoms with Gasteiger partial charge in [-0.1, -0.05) is 11.6 Å². The third kappa shape index (κ3) is 3.92. The fourth-order valence-electron chi connectivity index (χ4n) is 1.53. The van der Waals surface area contributed by atoms with E-state index >= 15 is 0 Å². The Kier molecular flexibility index (Phi) is 5.76. The molecule has 0 radical (unpaired) electrons. The minimum absolute atomic E-state index is 0.335. The molecular weight excluding hydrogens is 270 g/mol. The molecule has 0 aliphatic carbocycles. The van der Waals surface area contributed by atoms with Crippen molar-refractivity contribution in [1.82, 2.24) is 0 Å². The molecule has 1 atom stereocenters. The molecule has 1 aromatic carbocycles. The average molecular weight is 288 g/mol.